The quantitative estimate of drug-likeness (QED) is 0.587. The van der Waals surface area contributed by atoms with E-state index in [1.807, 2.05) is 0 Å². The summed E-state index contributed by atoms with van der Waals surface area (Å²) >= 11 is 1.59. The van der Waals surface area contributed by atoms with Crippen molar-refractivity contribution < 1.29 is 19.1 Å². The van der Waals surface area contributed by atoms with Crippen molar-refractivity contribution in [2.24, 2.45) is 5.92 Å². The molecule has 1 aromatic rings. The highest BCUT2D eigenvalue weighted by Gasteiger charge is 2.68. The van der Waals surface area contributed by atoms with Crippen molar-refractivity contribution in [3.05, 3.63) is 29.8 Å². The number of rotatable bonds is 4. The van der Waals surface area contributed by atoms with Gasteiger partial charge in [0.05, 0.1) is 17.5 Å². The summed E-state index contributed by atoms with van der Waals surface area (Å²) in [4.78, 5) is 27.3. The molecule has 1 aliphatic carbocycles. The lowest BCUT2D eigenvalue weighted by molar-refractivity contribution is -0.181. The lowest BCUT2D eigenvalue weighted by Gasteiger charge is -2.33. The fraction of sp³-hybridized carbons (Fsp3) is 0.619. The fourth-order valence-corrected chi connectivity index (χ4v) is 6.27. The van der Waals surface area contributed by atoms with E-state index in [0.29, 0.717) is 12.3 Å². The van der Waals surface area contributed by atoms with Gasteiger partial charge in [-0.2, -0.15) is 0 Å². The molecule has 2 saturated heterocycles. The van der Waals surface area contributed by atoms with Crippen molar-refractivity contribution in [1.82, 2.24) is 0 Å². The first-order chi connectivity index (χ1) is 12.5. The predicted molar refractivity (Wildman–Crippen MR) is 100 cm³/mol. The van der Waals surface area contributed by atoms with Crippen LogP contribution in [-0.2, 0) is 19.1 Å². The maximum Gasteiger partial charge on any atom is 0.347 e. The maximum atomic E-state index is 13.2. The number of fused-ring (bicyclic) bond motifs is 1. The van der Waals surface area contributed by atoms with Gasteiger partial charge in [0.25, 0.3) is 0 Å². The zero-order chi connectivity index (χ0) is 18.4. The number of carbonyl (C=O) groups is 2. The lowest BCUT2D eigenvalue weighted by atomic mass is 9.79. The Labute approximate surface area is 159 Å². The van der Waals surface area contributed by atoms with Crippen LogP contribution < -0.4 is 0 Å². The van der Waals surface area contributed by atoms with Crippen LogP contribution in [0.1, 0.15) is 51.0 Å². The molecular weight excluding hydrogens is 348 g/mol. The van der Waals surface area contributed by atoms with Crippen LogP contribution in [0.2, 0.25) is 0 Å². The van der Waals surface area contributed by atoms with E-state index in [1.165, 1.54) is 5.56 Å². The molecule has 0 amide bonds. The molecule has 0 radical (unpaired) electrons. The van der Waals surface area contributed by atoms with Gasteiger partial charge in [-0.15, -0.1) is 11.8 Å². The first kappa shape index (κ1) is 18.1. The summed E-state index contributed by atoms with van der Waals surface area (Å²) in [6, 6.07) is 8.23. The summed E-state index contributed by atoms with van der Waals surface area (Å²) in [7, 11) is 0. The van der Waals surface area contributed by atoms with E-state index in [4.69, 9.17) is 9.47 Å². The van der Waals surface area contributed by atoms with E-state index in [9.17, 15) is 9.59 Å². The van der Waals surface area contributed by atoms with E-state index in [-0.39, 0.29) is 17.6 Å². The van der Waals surface area contributed by atoms with Crippen molar-refractivity contribution in [2.75, 3.05) is 6.61 Å². The average Bonchev–Trinajstić information content (AvgIpc) is 3.10. The molecule has 0 N–H and O–H groups in total. The SMILES string of the molecule is CCOC(=O)[C@]12O[C@@]3(CCC[C@@H]3CC[C@@H]1Sc1ccc(C)cc1)CC2=O. The van der Waals surface area contributed by atoms with Crippen LogP contribution in [0.15, 0.2) is 29.2 Å². The van der Waals surface area contributed by atoms with Crippen LogP contribution in [0.25, 0.3) is 0 Å². The topological polar surface area (TPSA) is 52.6 Å². The predicted octanol–water partition coefficient (Wildman–Crippen LogP) is 4.08. The molecule has 0 unspecified atom stereocenters. The summed E-state index contributed by atoms with van der Waals surface area (Å²) in [6.07, 6.45) is 5.22. The third kappa shape index (κ3) is 2.71. The van der Waals surface area contributed by atoms with Gasteiger partial charge in [0.15, 0.2) is 5.78 Å². The number of benzene rings is 1. The maximum absolute atomic E-state index is 13.2. The zero-order valence-corrected chi connectivity index (χ0v) is 16.3. The molecule has 3 aliphatic rings. The smallest absolute Gasteiger partial charge is 0.347 e. The van der Waals surface area contributed by atoms with Crippen LogP contribution in [0.4, 0.5) is 0 Å². The molecule has 1 spiro atoms. The van der Waals surface area contributed by atoms with Crippen molar-refractivity contribution >= 4 is 23.5 Å². The van der Waals surface area contributed by atoms with E-state index in [0.717, 1.165) is 37.0 Å². The molecule has 0 aromatic heterocycles. The van der Waals surface area contributed by atoms with Crippen LogP contribution in [0.5, 0.6) is 0 Å². The number of esters is 1. The van der Waals surface area contributed by atoms with E-state index in [1.54, 1.807) is 18.7 Å². The molecule has 4 rings (SSSR count). The van der Waals surface area contributed by atoms with E-state index >= 15 is 0 Å². The molecule has 2 aliphatic heterocycles. The molecule has 140 valence electrons. The van der Waals surface area contributed by atoms with Gasteiger partial charge in [-0.05, 0) is 57.6 Å². The highest BCUT2D eigenvalue weighted by molar-refractivity contribution is 8.00. The van der Waals surface area contributed by atoms with Gasteiger partial charge in [-0.3, -0.25) is 4.79 Å². The van der Waals surface area contributed by atoms with E-state index in [2.05, 4.69) is 31.2 Å². The van der Waals surface area contributed by atoms with Crippen molar-refractivity contribution in [1.29, 1.82) is 0 Å². The average molecular weight is 375 g/mol. The second-order valence-corrected chi connectivity index (χ2v) is 9.09. The summed E-state index contributed by atoms with van der Waals surface area (Å²) in [6.45, 7) is 4.09. The van der Waals surface area contributed by atoms with Crippen LogP contribution in [0.3, 0.4) is 0 Å². The number of aryl methyl sites for hydroxylation is 1. The van der Waals surface area contributed by atoms with Crippen molar-refractivity contribution in [3.8, 4) is 0 Å². The standard InChI is InChI=1S/C21H26O4S/c1-3-24-19(23)21-17(22)13-20(25-21)12-4-5-15(20)8-11-18(21)26-16-9-6-14(2)7-10-16/h6-7,9-10,15,18H,3-5,8,11-13H2,1-2H3/t15-,18+,20+,21-/m1/s1. The van der Waals surface area contributed by atoms with Gasteiger partial charge in [0.2, 0.25) is 5.60 Å². The van der Waals surface area contributed by atoms with Crippen molar-refractivity contribution in [3.63, 3.8) is 0 Å². The third-order valence-electron chi connectivity index (χ3n) is 6.24. The first-order valence-electron chi connectivity index (χ1n) is 9.64. The molecule has 4 nitrogen and oxygen atoms in total. The van der Waals surface area contributed by atoms with Gasteiger partial charge in [-0.1, -0.05) is 24.1 Å². The molecule has 1 aromatic carbocycles. The Kier molecular flexibility index (Phi) is 4.64. The Morgan fingerprint density at radius 2 is 2.04 bits per heavy atom. The van der Waals surface area contributed by atoms with Gasteiger partial charge in [-0.25, -0.2) is 4.79 Å². The Morgan fingerprint density at radius 3 is 2.77 bits per heavy atom. The second-order valence-electron chi connectivity index (χ2n) is 7.81. The van der Waals surface area contributed by atoms with Crippen LogP contribution in [0, 0.1) is 12.8 Å². The van der Waals surface area contributed by atoms with Gasteiger partial charge in [0.1, 0.15) is 0 Å². The molecular formula is C21H26O4S. The largest absolute Gasteiger partial charge is 0.463 e. The Morgan fingerprint density at radius 1 is 1.27 bits per heavy atom. The molecule has 2 heterocycles. The highest BCUT2D eigenvalue weighted by Crippen LogP contribution is 2.57. The molecule has 2 bridgehead atoms. The van der Waals surface area contributed by atoms with Gasteiger partial charge < -0.3 is 9.47 Å². The molecule has 4 atom stereocenters. The third-order valence-corrected chi connectivity index (χ3v) is 7.64. The number of hydrogen-bond acceptors (Lipinski definition) is 5. The fourth-order valence-electron chi connectivity index (χ4n) is 4.96. The first-order valence-corrected chi connectivity index (χ1v) is 10.5. The number of ether oxygens (including phenoxy) is 2. The monoisotopic (exact) mass is 374 g/mol. The molecule has 3 fully saturated rings. The van der Waals surface area contributed by atoms with E-state index < -0.39 is 17.2 Å². The number of Topliss-reactive ketones (excluding diaryl/α,β-unsaturated/α-hetero) is 1. The second kappa shape index (κ2) is 6.68. The van der Waals surface area contributed by atoms with Crippen molar-refractivity contribution in [2.45, 2.75) is 73.7 Å². The summed E-state index contributed by atoms with van der Waals surface area (Å²) < 4.78 is 11.9. The lowest BCUT2D eigenvalue weighted by Crippen LogP contribution is -2.54. The van der Waals surface area contributed by atoms with Crippen LogP contribution >= 0.6 is 11.8 Å². The number of carbonyl (C=O) groups excluding carboxylic acids is 2. The zero-order valence-electron chi connectivity index (χ0n) is 15.5. The minimum absolute atomic E-state index is 0.0767. The molecule has 26 heavy (non-hydrogen) atoms. The number of ketones is 1. The van der Waals surface area contributed by atoms with Gasteiger partial charge >= 0.3 is 5.97 Å². The normalized spacial score (nSPS) is 35.8. The highest BCUT2D eigenvalue weighted by atomic mass is 32.2. The Hall–Kier alpha value is -1.33. The minimum atomic E-state index is -1.44. The number of thioether (sulfide) groups is 1. The van der Waals surface area contributed by atoms with Gasteiger partial charge in [0, 0.05) is 11.3 Å². The minimum Gasteiger partial charge on any atom is -0.463 e. The summed E-state index contributed by atoms with van der Waals surface area (Å²) in [5.41, 5.74) is -0.686. The Bertz CT molecular complexity index is 715. The van der Waals surface area contributed by atoms with Crippen LogP contribution in [-0.4, -0.2) is 34.8 Å². The number of hydrogen-bond donors (Lipinski definition) is 0. The summed E-state index contributed by atoms with van der Waals surface area (Å²) in [5, 5.41) is -0.235. The summed E-state index contributed by atoms with van der Waals surface area (Å²) in [5.74, 6) is -0.183. The molecule has 5 heteroatoms. The Balaban J connectivity index is 1.72. The molecule has 1 saturated carbocycles.